The van der Waals surface area contributed by atoms with E-state index in [2.05, 4.69) is 6.58 Å². The molecule has 0 bridgehead atoms. The second-order valence-electron chi connectivity index (χ2n) is 6.40. The lowest BCUT2D eigenvalue weighted by atomic mass is 9.89. The molecule has 2 aromatic carbocycles. The summed E-state index contributed by atoms with van der Waals surface area (Å²) in [7, 11) is 0. The smallest absolute Gasteiger partial charge is 0.204 e. The third-order valence-electron chi connectivity index (χ3n) is 4.25. The minimum absolute atomic E-state index is 0.171. The SMILES string of the molecule is C=C/C(=C(\CCC(F)(F)C(F)F)c1cccc(C)c1)c1cccc(C)c1. The van der Waals surface area contributed by atoms with Crippen LogP contribution in [0, 0.1) is 13.8 Å². The van der Waals surface area contributed by atoms with Crippen LogP contribution >= 0.6 is 0 Å². The minimum Gasteiger partial charge on any atom is -0.204 e. The molecule has 0 fully saturated rings. The number of alkyl halides is 4. The molecule has 0 aliphatic heterocycles. The van der Waals surface area contributed by atoms with Gasteiger partial charge in [0.05, 0.1) is 0 Å². The summed E-state index contributed by atoms with van der Waals surface area (Å²) in [6.45, 7) is 7.65. The zero-order chi connectivity index (χ0) is 19.3. The standard InChI is InChI=1S/C22H22F4/c1-4-19(17-9-5-7-15(2)13-17)20(11-12-22(25,26)21(23)24)18-10-6-8-16(3)14-18/h4-10,13-14,21H,1,11-12H2,2-3H3/b20-19-. The molecular formula is C22H22F4. The molecule has 0 nitrogen and oxygen atoms in total. The second-order valence-corrected chi connectivity index (χ2v) is 6.40. The number of halogens is 4. The van der Waals surface area contributed by atoms with Crippen molar-refractivity contribution in [1.82, 2.24) is 0 Å². The lowest BCUT2D eigenvalue weighted by Crippen LogP contribution is -2.26. The monoisotopic (exact) mass is 362 g/mol. The Balaban J connectivity index is 2.56. The first-order valence-corrected chi connectivity index (χ1v) is 8.40. The fourth-order valence-corrected chi connectivity index (χ4v) is 2.90. The van der Waals surface area contributed by atoms with Gasteiger partial charge in [-0.2, -0.15) is 0 Å². The maximum absolute atomic E-state index is 13.5. The zero-order valence-corrected chi connectivity index (χ0v) is 14.9. The normalized spacial score (nSPS) is 12.9. The summed E-state index contributed by atoms with van der Waals surface area (Å²) in [5.41, 5.74) is 4.83. The summed E-state index contributed by atoms with van der Waals surface area (Å²) < 4.78 is 52.3. The average Bonchev–Trinajstić information content (AvgIpc) is 2.58. The number of hydrogen-bond acceptors (Lipinski definition) is 0. The molecule has 4 heteroatoms. The fourth-order valence-electron chi connectivity index (χ4n) is 2.90. The van der Waals surface area contributed by atoms with Crippen molar-refractivity contribution in [3.8, 4) is 0 Å². The Morgan fingerprint density at radius 2 is 1.54 bits per heavy atom. The van der Waals surface area contributed by atoms with Crippen molar-refractivity contribution in [2.45, 2.75) is 39.0 Å². The topological polar surface area (TPSA) is 0 Å². The fraction of sp³-hybridized carbons (Fsp3) is 0.273. The van der Waals surface area contributed by atoms with Crippen molar-refractivity contribution >= 4 is 11.1 Å². The van der Waals surface area contributed by atoms with Crippen molar-refractivity contribution in [3.63, 3.8) is 0 Å². The summed E-state index contributed by atoms with van der Waals surface area (Å²) in [4.78, 5) is 0. The van der Waals surface area contributed by atoms with Gasteiger partial charge in [0, 0.05) is 6.42 Å². The van der Waals surface area contributed by atoms with Gasteiger partial charge in [-0.15, -0.1) is 0 Å². The van der Waals surface area contributed by atoms with E-state index in [0.29, 0.717) is 11.1 Å². The maximum Gasteiger partial charge on any atom is 0.307 e. The highest BCUT2D eigenvalue weighted by Crippen LogP contribution is 2.36. The Labute approximate surface area is 151 Å². The van der Waals surface area contributed by atoms with Crippen molar-refractivity contribution in [3.05, 3.63) is 83.4 Å². The molecular weight excluding hydrogens is 340 g/mol. The number of allylic oxidation sites excluding steroid dienone is 3. The van der Waals surface area contributed by atoms with E-state index in [0.717, 1.165) is 22.3 Å². The first-order chi connectivity index (χ1) is 12.2. The van der Waals surface area contributed by atoms with E-state index in [4.69, 9.17) is 0 Å². The van der Waals surface area contributed by atoms with E-state index in [1.54, 1.807) is 6.08 Å². The van der Waals surface area contributed by atoms with Crippen LogP contribution in [-0.4, -0.2) is 12.3 Å². The molecule has 0 unspecified atom stereocenters. The number of aryl methyl sites for hydroxylation is 2. The summed E-state index contributed by atoms with van der Waals surface area (Å²) in [6.07, 6.45) is -3.16. The van der Waals surface area contributed by atoms with E-state index >= 15 is 0 Å². The van der Waals surface area contributed by atoms with Crippen LogP contribution in [0.15, 0.2) is 61.2 Å². The largest absolute Gasteiger partial charge is 0.307 e. The van der Waals surface area contributed by atoms with Crippen LogP contribution in [0.1, 0.15) is 35.1 Å². The van der Waals surface area contributed by atoms with Gasteiger partial charge in [-0.1, -0.05) is 72.3 Å². The van der Waals surface area contributed by atoms with Gasteiger partial charge in [-0.05, 0) is 42.5 Å². The highest BCUT2D eigenvalue weighted by molar-refractivity contribution is 5.95. The van der Waals surface area contributed by atoms with Crippen LogP contribution in [0.3, 0.4) is 0 Å². The zero-order valence-electron chi connectivity index (χ0n) is 14.9. The molecule has 0 radical (unpaired) electrons. The molecule has 0 saturated carbocycles. The maximum atomic E-state index is 13.5. The van der Waals surface area contributed by atoms with Gasteiger partial charge >= 0.3 is 12.3 Å². The molecule has 2 aromatic rings. The van der Waals surface area contributed by atoms with Crippen LogP contribution in [0.25, 0.3) is 11.1 Å². The molecule has 0 aliphatic carbocycles. The van der Waals surface area contributed by atoms with Gasteiger partial charge in [-0.3, -0.25) is 0 Å². The van der Waals surface area contributed by atoms with Gasteiger partial charge in [0.1, 0.15) is 0 Å². The summed E-state index contributed by atoms with van der Waals surface area (Å²) in [5.74, 6) is -4.02. The minimum atomic E-state index is -4.02. The van der Waals surface area contributed by atoms with Gasteiger partial charge < -0.3 is 0 Å². The van der Waals surface area contributed by atoms with Crippen LogP contribution in [0.4, 0.5) is 17.6 Å². The molecule has 0 atom stereocenters. The summed E-state index contributed by atoms with van der Waals surface area (Å²) in [5, 5.41) is 0. The Hall–Kier alpha value is -2.36. The van der Waals surface area contributed by atoms with E-state index in [1.807, 2.05) is 62.4 Å². The molecule has 26 heavy (non-hydrogen) atoms. The Bertz CT molecular complexity index is 803. The van der Waals surface area contributed by atoms with Crippen LogP contribution < -0.4 is 0 Å². The molecule has 0 N–H and O–H groups in total. The van der Waals surface area contributed by atoms with Crippen LogP contribution in [-0.2, 0) is 0 Å². The van der Waals surface area contributed by atoms with Gasteiger partial charge in [0.25, 0.3) is 0 Å². The summed E-state index contributed by atoms with van der Waals surface area (Å²) >= 11 is 0. The molecule has 0 amide bonds. The van der Waals surface area contributed by atoms with Crippen molar-refractivity contribution < 1.29 is 17.6 Å². The highest BCUT2D eigenvalue weighted by atomic mass is 19.3. The van der Waals surface area contributed by atoms with Crippen molar-refractivity contribution in [2.24, 2.45) is 0 Å². The number of benzene rings is 2. The predicted octanol–water partition coefficient (Wildman–Crippen LogP) is 7.08. The van der Waals surface area contributed by atoms with Crippen molar-refractivity contribution in [1.29, 1.82) is 0 Å². The van der Waals surface area contributed by atoms with E-state index in [-0.39, 0.29) is 6.42 Å². The Kier molecular flexibility index (Phi) is 6.41. The third-order valence-corrected chi connectivity index (χ3v) is 4.25. The number of hydrogen-bond donors (Lipinski definition) is 0. The first-order valence-electron chi connectivity index (χ1n) is 8.40. The third kappa shape index (κ3) is 4.84. The second kappa shape index (κ2) is 8.35. The van der Waals surface area contributed by atoms with Gasteiger partial charge in [-0.25, -0.2) is 17.6 Å². The van der Waals surface area contributed by atoms with E-state index in [1.165, 1.54) is 0 Å². The molecule has 0 heterocycles. The molecule has 138 valence electrons. The Morgan fingerprint density at radius 3 is 2.04 bits per heavy atom. The number of rotatable bonds is 7. The van der Waals surface area contributed by atoms with Crippen molar-refractivity contribution in [2.75, 3.05) is 0 Å². The van der Waals surface area contributed by atoms with E-state index < -0.39 is 18.8 Å². The quantitative estimate of drug-likeness (QED) is 0.280. The highest BCUT2D eigenvalue weighted by Gasteiger charge is 2.40. The molecule has 0 aromatic heterocycles. The van der Waals surface area contributed by atoms with Crippen LogP contribution in [0.5, 0.6) is 0 Å². The molecule has 0 saturated heterocycles. The average molecular weight is 362 g/mol. The van der Waals surface area contributed by atoms with Gasteiger partial charge in [0.2, 0.25) is 0 Å². The lowest BCUT2D eigenvalue weighted by Gasteiger charge is -2.19. The Morgan fingerprint density at radius 1 is 1.00 bits per heavy atom. The molecule has 2 rings (SSSR count). The molecule has 0 spiro atoms. The van der Waals surface area contributed by atoms with Gasteiger partial charge in [0.15, 0.2) is 0 Å². The lowest BCUT2D eigenvalue weighted by molar-refractivity contribution is -0.131. The van der Waals surface area contributed by atoms with E-state index in [9.17, 15) is 17.6 Å². The predicted molar refractivity (Wildman–Crippen MR) is 99.6 cm³/mol. The summed E-state index contributed by atoms with van der Waals surface area (Å²) in [6, 6.07) is 15.0. The van der Waals surface area contributed by atoms with Crippen LogP contribution in [0.2, 0.25) is 0 Å². The molecule has 0 aliphatic rings. The first kappa shape index (κ1) is 20.0.